The molecule has 1 rings (SSSR count). The lowest BCUT2D eigenvalue weighted by Crippen LogP contribution is -2.42. The van der Waals surface area contributed by atoms with Crippen LogP contribution in [0.1, 0.15) is 40.0 Å². The number of aliphatic imine (C=N–C) groups is 1. The highest BCUT2D eigenvalue weighted by atomic mass is 16.5. The number of nitrogens with one attached hydrogen (secondary N) is 2. The van der Waals surface area contributed by atoms with Crippen molar-refractivity contribution in [2.24, 2.45) is 16.8 Å². The molecule has 5 nitrogen and oxygen atoms in total. The molecule has 0 amide bonds. The van der Waals surface area contributed by atoms with Gasteiger partial charge in [0.05, 0.1) is 6.61 Å². The van der Waals surface area contributed by atoms with Crippen molar-refractivity contribution < 1.29 is 4.74 Å². The largest absolute Gasteiger partial charge is 0.380 e. The molecule has 0 aromatic carbocycles. The van der Waals surface area contributed by atoms with E-state index in [1.54, 1.807) is 0 Å². The minimum absolute atomic E-state index is 0.638. The van der Waals surface area contributed by atoms with Crippen molar-refractivity contribution in [1.29, 1.82) is 0 Å². The van der Waals surface area contributed by atoms with Crippen LogP contribution in [0.15, 0.2) is 4.99 Å². The van der Waals surface area contributed by atoms with Crippen molar-refractivity contribution in [3.63, 3.8) is 0 Å². The molecule has 0 aromatic rings. The number of rotatable bonds is 10. The van der Waals surface area contributed by atoms with Crippen LogP contribution in [0.5, 0.6) is 0 Å². The maximum atomic E-state index is 5.60. The highest BCUT2D eigenvalue weighted by Crippen LogP contribution is 2.09. The zero-order valence-electron chi connectivity index (χ0n) is 15.0. The fourth-order valence-electron chi connectivity index (χ4n) is 2.62. The highest BCUT2D eigenvalue weighted by Gasteiger charge is 2.14. The summed E-state index contributed by atoms with van der Waals surface area (Å²) in [4.78, 5) is 6.82. The molecular formula is C17H36N4O. The number of ether oxygens (including phenoxy) is 1. The van der Waals surface area contributed by atoms with Crippen molar-refractivity contribution in [2.45, 2.75) is 40.0 Å². The quantitative estimate of drug-likeness (QED) is 0.368. The van der Waals surface area contributed by atoms with Gasteiger partial charge in [0, 0.05) is 33.3 Å². The van der Waals surface area contributed by atoms with Crippen molar-refractivity contribution >= 4 is 5.96 Å². The van der Waals surface area contributed by atoms with Crippen LogP contribution in [0.25, 0.3) is 0 Å². The Bertz CT molecular complexity index is 301. The summed E-state index contributed by atoms with van der Waals surface area (Å²) in [5.74, 6) is 2.22. The monoisotopic (exact) mass is 312 g/mol. The van der Waals surface area contributed by atoms with Crippen molar-refractivity contribution in [3.05, 3.63) is 0 Å². The van der Waals surface area contributed by atoms with Crippen molar-refractivity contribution in [2.75, 3.05) is 53.0 Å². The maximum Gasteiger partial charge on any atom is 0.191 e. The van der Waals surface area contributed by atoms with Gasteiger partial charge in [0.1, 0.15) is 0 Å². The van der Waals surface area contributed by atoms with E-state index in [0.29, 0.717) is 11.8 Å². The zero-order chi connectivity index (χ0) is 16.2. The van der Waals surface area contributed by atoms with Gasteiger partial charge in [-0.25, -0.2) is 0 Å². The Kier molecular flexibility index (Phi) is 10.2. The second-order valence-electron chi connectivity index (χ2n) is 6.79. The number of guanidine groups is 1. The van der Waals surface area contributed by atoms with Gasteiger partial charge in [0.2, 0.25) is 0 Å². The Labute approximate surface area is 136 Å². The molecule has 1 fully saturated rings. The molecule has 0 bridgehead atoms. The van der Waals surface area contributed by atoms with Crippen LogP contribution in [0, 0.1) is 11.8 Å². The van der Waals surface area contributed by atoms with Gasteiger partial charge >= 0.3 is 0 Å². The summed E-state index contributed by atoms with van der Waals surface area (Å²) in [6, 6.07) is 0. The fraction of sp³-hybridized carbons (Fsp3) is 0.941. The molecule has 1 atom stereocenters. The third-order valence-electron chi connectivity index (χ3n) is 3.99. The lowest BCUT2D eigenvalue weighted by molar-refractivity contribution is 0.128. The zero-order valence-corrected chi connectivity index (χ0v) is 15.0. The molecule has 0 saturated carbocycles. The first-order chi connectivity index (χ1) is 10.6. The summed E-state index contributed by atoms with van der Waals surface area (Å²) >= 11 is 0. The van der Waals surface area contributed by atoms with E-state index in [1.807, 2.05) is 7.05 Å². The van der Waals surface area contributed by atoms with Crippen LogP contribution in [-0.2, 0) is 4.74 Å². The van der Waals surface area contributed by atoms with Gasteiger partial charge in [-0.1, -0.05) is 20.8 Å². The van der Waals surface area contributed by atoms with Gasteiger partial charge < -0.3 is 20.3 Å². The van der Waals surface area contributed by atoms with E-state index in [1.165, 1.54) is 32.5 Å². The number of hydrogen-bond donors (Lipinski definition) is 2. The first kappa shape index (κ1) is 19.2. The summed E-state index contributed by atoms with van der Waals surface area (Å²) in [5.41, 5.74) is 0. The third-order valence-corrected chi connectivity index (χ3v) is 3.99. The summed E-state index contributed by atoms with van der Waals surface area (Å²) in [7, 11) is 1.82. The van der Waals surface area contributed by atoms with E-state index in [2.05, 4.69) is 41.3 Å². The summed E-state index contributed by atoms with van der Waals surface area (Å²) in [6.45, 7) is 13.8. The minimum atomic E-state index is 0.638. The molecule has 130 valence electrons. The molecule has 1 heterocycles. The van der Waals surface area contributed by atoms with Gasteiger partial charge in [-0.15, -0.1) is 0 Å². The predicted octanol–water partition coefficient (Wildman–Crippen LogP) is 1.95. The summed E-state index contributed by atoms with van der Waals surface area (Å²) in [5, 5.41) is 6.72. The first-order valence-corrected chi connectivity index (χ1v) is 8.86. The van der Waals surface area contributed by atoms with E-state index in [4.69, 9.17) is 4.74 Å². The van der Waals surface area contributed by atoms with Gasteiger partial charge in [-0.05, 0) is 44.2 Å². The lowest BCUT2D eigenvalue weighted by Gasteiger charge is -2.21. The minimum Gasteiger partial charge on any atom is -0.380 e. The smallest absolute Gasteiger partial charge is 0.191 e. The van der Waals surface area contributed by atoms with E-state index >= 15 is 0 Å². The standard InChI is InChI=1S/C17H36N4O/c1-15(2)7-11-22-12-8-19-17(18-4)20-13-16(3)14-21-9-5-6-10-21/h15-16H,5-14H2,1-4H3,(H2,18,19,20). The molecular weight excluding hydrogens is 276 g/mol. The first-order valence-electron chi connectivity index (χ1n) is 8.86. The van der Waals surface area contributed by atoms with E-state index in [0.717, 1.165) is 38.7 Å². The molecule has 2 N–H and O–H groups in total. The molecule has 5 heteroatoms. The number of nitrogens with zero attached hydrogens (tertiary/aromatic N) is 2. The van der Waals surface area contributed by atoms with Crippen LogP contribution in [0.3, 0.4) is 0 Å². The molecule has 0 aliphatic carbocycles. The average Bonchev–Trinajstić information content (AvgIpc) is 2.98. The molecule has 0 aromatic heterocycles. The van der Waals surface area contributed by atoms with Gasteiger partial charge in [-0.3, -0.25) is 4.99 Å². The number of likely N-dealkylation sites (tertiary alicyclic amines) is 1. The predicted molar refractivity (Wildman–Crippen MR) is 94.5 cm³/mol. The molecule has 1 unspecified atom stereocenters. The van der Waals surface area contributed by atoms with Crippen LogP contribution in [0.2, 0.25) is 0 Å². The molecule has 0 radical (unpaired) electrons. The molecule has 1 aliphatic rings. The Morgan fingerprint density at radius 1 is 1.14 bits per heavy atom. The second kappa shape index (κ2) is 11.7. The Hall–Kier alpha value is -0.810. The van der Waals surface area contributed by atoms with Gasteiger partial charge in [-0.2, -0.15) is 0 Å². The van der Waals surface area contributed by atoms with Crippen molar-refractivity contribution in [1.82, 2.24) is 15.5 Å². The normalized spacial score (nSPS) is 18.0. The summed E-state index contributed by atoms with van der Waals surface area (Å²) in [6.07, 6.45) is 3.85. The average molecular weight is 313 g/mol. The van der Waals surface area contributed by atoms with Crippen LogP contribution in [0.4, 0.5) is 0 Å². The van der Waals surface area contributed by atoms with Crippen LogP contribution in [-0.4, -0.2) is 63.8 Å². The lowest BCUT2D eigenvalue weighted by atomic mass is 10.1. The molecule has 1 saturated heterocycles. The van der Waals surface area contributed by atoms with E-state index < -0.39 is 0 Å². The second-order valence-corrected chi connectivity index (χ2v) is 6.79. The van der Waals surface area contributed by atoms with Crippen LogP contribution >= 0.6 is 0 Å². The maximum absolute atomic E-state index is 5.60. The number of hydrogen-bond acceptors (Lipinski definition) is 3. The van der Waals surface area contributed by atoms with Gasteiger partial charge in [0.15, 0.2) is 5.96 Å². The summed E-state index contributed by atoms with van der Waals surface area (Å²) < 4.78 is 5.60. The molecule has 1 aliphatic heterocycles. The SMILES string of the molecule is CN=C(NCCOCCC(C)C)NCC(C)CN1CCCC1. The fourth-order valence-corrected chi connectivity index (χ4v) is 2.62. The Morgan fingerprint density at radius 3 is 2.50 bits per heavy atom. The topological polar surface area (TPSA) is 48.9 Å². The molecule has 0 spiro atoms. The van der Waals surface area contributed by atoms with Gasteiger partial charge in [0.25, 0.3) is 0 Å². The van der Waals surface area contributed by atoms with Crippen LogP contribution < -0.4 is 10.6 Å². The highest BCUT2D eigenvalue weighted by molar-refractivity contribution is 5.79. The Balaban J connectivity index is 2.03. The molecule has 22 heavy (non-hydrogen) atoms. The third kappa shape index (κ3) is 9.26. The Morgan fingerprint density at radius 2 is 1.86 bits per heavy atom. The van der Waals surface area contributed by atoms with E-state index in [-0.39, 0.29) is 0 Å². The van der Waals surface area contributed by atoms with Crippen molar-refractivity contribution in [3.8, 4) is 0 Å². The van der Waals surface area contributed by atoms with E-state index in [9.17, 15) is 0 Å².